The van der Waals surface area contributed by atoms with Crippen molar-refractivity contribution in [3.8, 4) is 0 Å². The van der Waals surface area contributed by atoms with E-state index in [0.29, 0.717) is 0 Å². The Morgan fingerprint density at radius 3 is 2.91 bits per heavy atom. The van der Waals surface area contributed by atoms with E-state index in [0.717, 1.165) is 10.6 Å². The lowest BCUT2D eigenvalue weighted by molar-refractivity contribution is 0.862. The second-order valence-electron chi connectivity index (χ2n) is 2.52. The van der Waals surface area contributed by atoms with Gasteiger partial charge in [-0.25, -0.2) is 0 Å². The van der Waals surface area contributed by atoms with E-state index >= 15 is 0 Å². The van der Waals surface area contributed by atoms with Crippen LogP contribution in [0.2, 0.25) is 0 Å². The van der Waals surface area contributed by atoms with Crippen LogP contribution in [0.1, 0.15) is 0 Å². The van der Waals surface area contributed by atoms with Crippen LogP contribution in [-0.4, -0.2) is 12.5 Å². The van der Waals surface area contributed by atoms with Gasteiger partial charge in [-0.05, 0) is 12.1 Å². The number of nitrogens with zero attached hydrogens (tertiary/aromatic N) is 2. The average Bonchev–Trinajstić information content (AvgIpc) is 2.30. The van der Waals surface area contributed by atoms with E-state index in [2.05, 4.69) is 0 Å². The third-order valence-corrected chi connectivity index (χ3v) is 2.94. The molecule has 0 N–H and O–H groups in total. The molecule has 1 aromatic rings. The van der Waals surface area contributed by atoms with Crippen molar-refractivity contribution in [2.24, 2.45) is 0 Å². The van der Waals surface area contributed by atoms with Crippen LogP contribution in [0, 0.1) is 0 Å². The summed E-state index contributed by atoms with van der Waals surface area (Å²) in [6.07, 6.45) is 0. The first-order valence-corrected chi connectivity index (χ1v) is 4.33. The summed E-state index contributed by atoms with van der Waals surface area (Å²) in [5.74, 6) is 0. The first-order chi connectivity index (χ1) is 5.29. The highest BCUT2D eigenvalue weighted by Gasteiger charge is 2.24. The van der Waals surface area contributed by atoms with Crippen molar-refractivity contribution in [3.05, 3.63) is 24.3 Å². The highest BCUT2D eigenvalue weighted by atomic mass is 32.2. The third-order valence-electron chi connectivity index (χ3n) is 1.81. The molecule has 1 aliphatic rings. The molecule has 2 radical (unpaired) electrons. The third kappa shape index (κ3) is 1.01. The van der Waals surface area contributed by atoms with Crippen molar-refractivity contribution in [1.82, 2.24) is 5.73 Å². The van der Waals surface area contributed by atoms with Gasteiger partial charge < -0.3 is 4.90 Å². The Hall–Kier alpha value is -0.670. The molecule has 11 heavy (non-hydrogen) atoms. The van der Waals surface area contributed by atoms with Crippen molar-refractivity contribution in [2.45, 2.75) is 10.4 Å². The Labute approximate surface area is 70.4 Å². The molecule has 2 rings (SSSR count). The fraction of sp³-hybridized carbons (Fsp3) is 0.250. The molecule has 1 atom stereocenters. The van der Waals surface area contributed by atoms with Gasteiger partial charge in [0.2, 0.25) is 0 Å². The van der Waals surface area contributed by atoms with Crippen molar-refractivity contribution < 1.29 is 0 Å². The van der Waals surface area contributed by atoms with E-state index in [-0.39, 0.29) is 0 Å². The van der Waals surface area contributed by atoms with Crippen LogP contribution in [0.5, 0.6) is 0 Å². The molecule has 1 unspecified atom stereocenters. The standard InChI is InChI=1S/C8H8N2S/c1-10-6-4-2-3-5-7(6)11-8(10)9/h2-5,8H,1H3. The summed E-state index contributed by atoms with van der Waals surface area (Å²) < 4.78 is 0. The van der Waals surface area contributed by atoms with Crippen LogP contribution in [0.3, 0.4) is 0 Å². The van der Waals surface area contributed by atoms with Gasteiger partial charge in [0.25, 0.3) is 0 Å². The first kappa shape index (κ1) is 7.00. The maximum absolute atomic E-state index is 9.41. The summed E-state index contributed by atoms with van der Waals surface area (Å²) in [4.78, 5) is 3.02. The Kier molecular flexibility index (Phi) is 1.55. The number of anilines is 1. The zero-order valence-electron chi connectivity index (χ0n) is 6.19. The first-order valence-electron chi connectivity index (χ1n) is 3.45. The number of para-hydroxylation sites is 1. The van der Waals surface area contributed by atoms with Crippen molar-refractivity contribution in [2.75, 3.05) is 11.9 Å². The minimum absolute atomic E-state index is 0.410. The van der Waals surface area contributed by atoms with E-state index in [1.165, 1.54) is 11.8 Å². The molecule has 56 valence electrons. The molecule has 3 heteroatoms. The van der Waals surface area contributed by atoms with Gasteiger partial charge in [-0.2, -0.15) is 0 Å². The number of benzene rings is 1. The van der Waals surface area contributed by atoms with Gasteiger partial charge in [0.05, 0.1) is 5.69 Å². The number of hydrogen-bond donors (Lipinski definition) is 0. The summed E-state index contributed by atoms with van der Waals surface area (Å²) in [5.41, 5.74) is 10.1. The highest BCUT2D eigenvalue weighted by Crippen LogP contribution is 2.40. The predicted octanol–water partition coefficient (Wildman–Crippen LogP) is 1.58. The van der Waals surface area contributed by atoms with E-state index in [4.69, 9.17) is 0 Å². The quantitative estimate of drug-likeness (QED) is 0.581. The molecule has 0 saturated heterocycles. The molecule has 0 bridgehead atoms. The monoisotopic (exact) mass is 164 g/mol. The van der Waals surface area contributed by atoms with Gasteiger partial charge in [-0.1, -0.05) is 23.9 Å². The minimum Gasteiger partial charge on any atom is -0.347 e. The molecular weight excluding hydrogens is 156 g/mol. The van der Waals surface area contributed by atoms with Gasteiger partial charge in [-0.3, -0.25) is 0 Å². The number of thioether (sulfide) groups is 1. The van der Waals surface area contributed by atoms with Gasteiger partial charge in [-0.15, -0.1) is 5.73 Å². The van der Waals surface area contributed by atoms with Crippen LogP contribution >= 0.6 is 11.8 Å². The number of rotatable bonds is 0. The van der Waals surface area contributed by atoms with E-state index < -0.39 is 5.50 Å². The minimum atomic E-state index is -0.410. The molecule has 1 heterocycles. The normalized spacial score (nSPS) is 22.0. The molecule has 0 aliphatic carbocycles. The average molecular weight is 164 g/mol. The summed E-state index contributed by atoms with van der Waals surface area (Å²) in [6, 6.07) is 8.00. The molecule has 0 saturated carbocycles. The molecule has 1 aliphatic heterocycles. The van der Waals surface area contributed by atoms with Crippen molar-refractivity contribution in [1.29, 1.82) is 0 Å². The van der Waals surface area contributed by atoms with Crippen molar-refractivity contribution >= 4 is 17.4 Å². The lowest BCUT2D eigenvalue weighted by Crippen LogP contribution is -2.24. The predicted molar refractivity (Wildman–Crippen MR) is 46.6 cm³/mol. The Balaban J connectivity index is 2.47. The fourth-order valence-corrected chi connectivity index (χ4v) is 2.15. The molecular formula is C8H8N2S. The summed E-state index contributed by atoms with van der Waals surface area (Å²) >= 11 is 1.48. The molecule has 0 amide bonds. The smallest absolute Gasteiger partial charge is 0.165 e. The second-order valence-corrected chi connectivity index (χ2v) is 3.62. The molecule has 0 fully saturated rings. The number of hydrogen-bond acceptors (Lipinski definition) is 2. The van der Waals surface area contributed by atoms with Gasteiger partial charge in [0.15, 0.2) is 5.50 Å². The molecule has 2 nitrogen and oxygen atoms in total. The van der Waals surface area contributed by atoms with Crippen LogP contribution in [0.25, 0.3) is 0 Å². The zero-order chi connectivity index (χ0) is 7.84. The maximum atomic E-state index is 9.41. The van der Waals surface area contributed by atoms with Crippen LogP contribution in [0.4, 0.5) is 5.69 Å². The number of fused-ring (bicyclic) bond motifs is 1. The fourth-order valence-electron chi connectivity index (χ4n) is 1.16. The largest absolute Gasteiger partial charge is 0.347 e. The van der Waals surface area contributed by atoms with Crippen LogP contribution in [-0.2, 0) is 0 Å². The molecule has 0 spiro atoms. The van der Waals surface area contributed by atoms with E-state index in [1.807, 2.05) is 36.2 Å². The Morgan fingerprint density at radius 1 is 1.45 bits per heavy atom. The molecule has 1 aromatic carbocycles. The van der Waals surface area contributed by atoms with E-state index in [1.54, 1.807) is 0 Å². The SMILES string of the molecule is CN1c2ccccc2SC1[N]. The Morgan fingerprint density at radius 2 is 2.18 bits per heavy atom. The summed E-state index contributed by atoms with van der Waals surface area (Å²) in [6.45, 7) is 0. The van der Waals surface area contributed by atoms with Crippen molar-refractivity contribution in [3.63, 3.8) is 0 Å². The summed E-state index contributed by atoms with van der Waals surface area (Å²) in [5, 5.41) is 0. The maximum Gasteiger partial charge on any atom is 0.165 e. The lowest BCUT2D eigenvalue weighted by atomic mass is 10.3. The van der Waals surface area contributed by atoms with Crippen LogP contribution < -0.4 is 10.6 Å². The van der Waals surface area contributed by atoms with Gasteiger partial charge in [0.1, 0.15) is 0 Å². The summed E-state index contributed by atoms with van der Waals surface area (Å²) in [7, 11) is 1.89. The highest BCUT2D eigenvalue weighted by molar-refractivity contribution is 8.00. The Bertz CT molecular complexity index is 275. The molecule has 0 aromatic heterocycles. The topological polar surface area (TPSA) is 25.5 Å². The van der Waals surface area contributed by atoms with E-state index in [9.17, 15) is 5.73 Å². The lowest BCUT2D eigenvalue weighted by Gasteiger charge is -2.14. The van der Waals surface area contributed by atoms with Crippen LogP contribution in [0.15, 0.2) is 29.2 Å². The van der Waals surface area contributed by atoms with Gasteiger partial charge >= 0.3 is 0 Å². The van der Waals surface area contributed by atoms with Gasteiger partial charge in [0, 0.05) is 11.9 Å². The second kappa shape index (κ2) is 2.43. The zero-order valence-corrected chi connectivity index (χ0v) is 7.01.